The first-order chi connectivity index (χ1) is 15.4. The number of nitrogens with zero attached hydrogens (tertiary/aromatic N) is 2. The van der Waals surface area contributed by atoms with E-state index in [0.717, 1.165) is 11.1 Å². The molecule has 10 heteroatoms. The summed E-state index contributed by atoms with van der Waals surface area (Å²) in [6.45, 7) is 0. The fourth-order valence-corrected chi connectivity index (χ4v) is 3.81. The number of aromatic nitrogens is 2. The predicted molar refractivity (Wildman–Crippen MR) is 120 cm³/mol. The maximum atomic E-state index is 12.7. The largest absolute Gasteiger partial charge is 0.493 e. The molecule has 0 radical (unpaired) electrons. The van der Waals surface area contributed by atoms with Crippen molar-refractivity contribution in [1.29, 1.82) is 0 Å². The highest BCUT2D eigenvalue weighted by molar-refractivity contribution is 6.30. The fraction of sp³-hybridized carbons (Fsp3) is 0.227. The molecule has 1 unspecified atom stereocenters. The second-order valence-electron chi connectivity index (χ2n) is 7.03. The van der Waals surface area contributed by atoms with Gasteiger partial charge in [-0.1, -0.05) is 23.7 Å². The Morgan fingerprint density at radius 2 is 1.88 bits per heavy atom. The normalized spacial score (nSPS) is 14.5. The maximum absolute atomic E-state index is 12.7. The Morgan fingerprint density at radius 1 is 1.16 bits per heavy atom. The van der Waals surface area contributed by atoms with Crippen LogP contribution in [0, 0.1) is 0 Å². The number of benzene rings is 2. The van der Waals surface area contributed by atoms with E-state index in [1.54, 1.807) is 30.5 Å². The molecule has 0 aliphatic carbocycles. The zero-order valence-electron chi connectivity index (χ0n) is 17.6. The second-order valence-corrected chi connectivity index (χ2v) is 7.47. The smallest absolute Gasteiger partial charge is 0.251 e. The van der Waals surface area contributed by atoms with Crippen LogP contribution in [0.5, 0.6) is 17.2 Å². The van der Waals surface area contributed by atoms with Crippen molar-refractivity contribution in [3.63, 3.8) is 0 Å². The molecule has 2 aromatic carbocycles. The molecule has 1 aromatic heterocycles. The standard InChI is InChI=1S/C22H21ClN4O5/c1-30-17-8-14(9-18(31-2)20(17)32-3)25-19(28)10-16-22(29)26-21-15(11-24-27(16)21)12-5-4-6-13(23)7-12/h4-9,11,16H,10H2,1-3H3,(H,25,28)(H,26,29). The van der Waals surface area contributed by atoms with Gasteiger partial charge < -0.3 is 24.8 Å². The van der Waals surface area contributed by atoms with Crippen LogP contribution >= 0.6 is 11.6 Å². The van der Waals surface area contributed by atoms with Gasteiger partial charge in [0.05, 0.1) is 33.9 Å². The molecule has 3 aromatic rings. The van der Waals surface area contributed by atoms with Crippen LogP contribution in [0.3, 0.4) is 0 Å². The molecule has 2 amide bonds. The number of rotatable bonds is 7. The molecule has 0 fully saturated rings. The summed E-state index contributed by atoms with van der Waals surface area (Å²) in [6.07, 6.45) is 1.54. The van der Waals surface area contributed by atoms with E-state index in [-0.39, 0.29) is 18.2 Å². The second kappa shape index (κ2) is 8.80. The molecule has 0 spiro atoms. The third kappa shape index (κ3) is 3.94. The van der Waals surface area contributed by atoms with Crippen LogP contribution < -0.4 is 24.8 Å². The first kappa shape index (κ1) is 21.5. The van der Waals surface area contributed by atoms with Gasteiger partial charge in [0.1, 0.15) is 11.9 Å². The van der Waals surface area contributed by atoms with Gasteiger partial charge >= 0.3 is 0 Å². The molecule has 0 saturated heterocycles. The predicted octanol–water partition coefficient (Wildman–Crippen LogP) is 3.75. The lowest BCUT2D eigenvalue weighted by Gasteiger charge is -2.15. The van der Waals surface area contributed by atoms with Gasteiger partial charge in [-0.15, -0.1) is 0 Å². The SMILES string of the molecule is COc1cc(NC(=O)CC2C(=O)Nc3c(-c4cccc(Cl)c4)cnn32)cc(OC)c1OC. The monoisotopic (exact) mass is 456 g/mol. The van der Waals surface area contributed by atoms with Gasteiger partial charge in [-0.25, -0.2) is 4.68 Å². The van der Waals surface area contributed by atoms with Crippen molar-refractivity contribution in [3.8, 4) is 28.4 Å². The summed E-state index contributed by atoms with van der Waals surface area (Å²) in [7, 11) is 4.47. The molecular formula is C22H21ClN4O5. The van der Waals surface area contributed by atoms with E-state index >= 15 is 0 Å². The number of halogens is 1. The van der Waals surface area contributed by atoms with Gasteiger partial charge in [-0.05, 0) is 17.7 Å². The lowest BCUT2D eigenvalue weighted by molar-refractivity contribution is -0.123. The Kier molecular flexibility index (Phi) is 5.91. The molecular weight excluding hydrogens is 436 g/mol. The van der Waals surface area contributed by atoms with E-state index in [9.17, 15) is 9.59 Å². The number of carbonyl (C=O) groups is 2. The number of hydrogen-bond acceptors (Lipinski definition) is 6. The van der Waals surface area contributed by atoms with Crippen LogP contribution in [0.25, 0.3) is 11.1 Å². The first-order valence-electron chi connectivity index (χ1n) is 9.69. The van der Waals surface area contributed by atoms with E-state index in [4.69, 9.17) is 25.8 Å². The molecule has 1 aliphatic rings. The average molecular weight is 457 g/mol. The number of anilines is 2. The van der Waals surface area contributed by atoms with Crippen molar-refractivity contribution in [2.45, 2.75) is 12.5 Å². The third-order valence-corrected chi connectivity index (χ3v) is 5.33. The molecule has 1 atom stereocenters. The lowest BCUT2D eigenvalue weighted by atomic mass is 10.1. The zero-order valence-corrected chi connectivity index (χ0v) is 18.4. The summed E-state index contributed by atoms with van der Waals surface area (Å²) < 4.78 is 17.4. The highest BCUT2D eigenvalue weighted by Gasteiger charge is 2.35. The summed E-state index contributed by atoms with van der Waals surface area (Å²) >= 11 is 6.08. The van der Waals surface area contributed by atoms with E-state index in [2.05, 4.69) is 15.7 Å². The van der Waals surface area contributed by atoms with E-state index in [0.29, 0.717) is 33.8 Å². The minimum Gasteiger partial charge on any atom is -0.493 e. The van der Waals surface area contributed by atoms with Crippen molar-refractivity contribution in [2.24, 2.45) is 0 Å². The average Bonchev–Trinajstić information content (AvgIpc) is 3.32. The molecule has 1 aliphatic heterocycles. The number of amides is 2. The van der Waals surface area contributed by atoms with Crippen molar-refractivity contribution in [1.82, 2.24) is 9.78 Å². The quantitative estimate of drug-likeness (QED) is 0.561. The van der Waals surface area contributed by atoms with Crippen molar-refractivity contribution >= 4 is 34.9 Å². The fourth-order valence-electron chi connectivity index (χ4n) is 3.62. The minimum atomic E-state index is -0.778. The molecule has 9 nitrogen and oxygen atoms in total. The summed E-state index contributed by atoms with van der Waals surface area (Å²) in [5.41, 5.74) is 2.00. The number of ether oxygens (including phenoxy) is 3. The van der Waals surface area contributed by atoms with Gasteiger partial charge in [-0.2, -0.15) is 5.10 Å². The summed E-state index contributed by atoms with van der Waals surface area (Å²) in [4.78, 5) is 25.3. The Morgan fingerprint density at radius 3 is 2.50 bits per heavy atom. The summed E-state index contributed by atoms with van der Waals surface area (Å²) in [6, 6.07) is 9.70. The minimum absolute atomic E-state index is 0.105. The lowest BCUT2D eigenvalue weighted by Crippen LogP contribution is -2.23. The highest BCUT2D eigenvalue weighted by Crippen LogP contribution is 2.40. The molecule has 0 saturated carbocycles. The topological polar surface area (TPSA) is 104 Å². The van der Waals surface area contributed by atoms with Crippen LogP contribution in [0.15, 0.2) is 42.6 Å². The number of nitrogens with one attached hydrogen (secondary N) is 2. The summed E-state index contributed by atoms with van der Waals surface area (Å²) in [5.74, 6) is 1.08. The molecule has 0 bridgehead atoms. The Bertz CT molecular complexity index is 1170. The third-order valence-electron chi connectivity index (χ3n) is 5.10. The molecule has 2 N–H and O–H groups in total. The van der Waals surface area contributed by atoms with Crippen LogP contribution in [0.2, 0.25) is 5.02 Å². The van der Waals surface area contributed by atoms with Crippen molar-refractivity contribution < 1.29 is 23.8 Å². The highest BCUT2D eigenvalue weighted by atomic mass is 35.5. The number of hydrogen-bond donors (Lipinski definition) is 2. The van der Waals surface area contributed by atoms with Crippen LogP contribution in [-0.4, -0.2) is 42.9 Å². The van der Waals surface area contributed by atoms with Gasteiger partial charge in [0.25, 0.3) is 5.91 Å². The summed E-state index contributed by atoms with van der Waals surface area (Å²) in [5, 5.41) is 10.5. The number of fused-ring (bicyclic) bond motifs is 1. The van der Waals surface area contributed by atoms with Crippen LogP contribution in [0.4, 0.5) is 11.5 Å². The Hall–Kier alpha value is -3.72. The molecule has 166 valence electrons. The molecule has 4 rings (SSSR count). The first-order valence-corrected chi connectivity index (χ1v) is 10.1. The Labute approximate surface area is 189 Å². The van der Waals surface area contributed by atoms with Gasteiger partial charge in [0, 0.05) is 28.4 Å². The van der Waals surface area contributed by atoms with Crippen molar-refractivity contribution in [2.75, 3.05) is 32.0 Å². The maximum Gasteiger partial charge on any atom is 0.251 e. The molecule has 2 heterocycles. The Balaban J connectivity index is 1.54. The zero-order chi connectivity index (χ0) is 22.8. The van der Waals surface area contributed by atoms with Gasteiger partial charge in [0.2, 0.25) is 11.7 Å². The van der Waals surface area contributed by atoms with E-state index in [1.807, 2.05) is 12.1 Å². The van der Waals surface area contributed by atoms with Gasteiger partial charge in [0.15, 0.2) is 11.5 Å². The van der Waals surface area contributed by atoms with E-state index < -0.39 is 6.04 Å². The van der Waals surface area contributed by atoms with Crippen LogP contribution in [0.1, 0.15) is 12.5 Å². The van der Waals surface area contributed by atoms with E-state index in [1.165, 1.54) is 26.0 Å². The van der Waals surface area contributed by atoms with Crippen LogP contribution in [-0.2, 0) is 9.59 Å². The molecule has 32 heavy (non-hydrogen) atoms. The van der Waals surface area contributed by atoms with Gasteiger partial charge in [-0.3, -0.25) is 9.59 Å². The van der Waals surface area contributed by atoms with Crippen molar-refractivity contribution in [3.05, 3.63) is 47.6 Å². The number of carbonyl (C=O) groups excluding carboxylic acids is 2. The number of methoxy groups -OCH3 is 3.